The predicted octanol–water partition coefficient (Wildman–Crippen LogP) is 2.69. The first kappa shape index (κ1) is 19.7. The molecule has 3 aromatic rings. The van der Waals surface area contributed by atoms with Crippen LogP contribution in [0.3, 0.4) is 0 Å². The normalized spacial score (nSPS) is 11.9. The average molecular weight is 381 g/mol. The number of ether oxygens (including phenoxy) is 1. The van der Waals surface area contributed by atoms with Crippen molar-refractivity contribution in [3.05, 3.63) is 52.9 Å². The molecule has 0 aliphatic heterocycles. The van der Waals surface area contributed by atoms with Crippen molar-refractivity contribution in [1.82, 2.24) is 14.5 Å². The first-order valence-corrected chi connectivity index (χ1v) is 8.99. The number of nitrogens with two attached hydrogens (primary N) is 1. The van der Waals surface area contributed by atoms with E-state index in [1.165, 1.54) is 12.3 Å². The summed E-state index contributed by atoms with van der Waals surface area (Å²) in [6, 6.07) is 11.1. The number of hydrogen-bond donors (Lipinski definition) is 2. The zero-order valence-electron chi connectivity index (χ0n) is 16.6. The molecule has 3 N–H and O–H groups in total. The first-order chi connectivity index (χ1) is 13.2. The van der Waals surface area contributed by atoms with Gasteiger partial charge >= 0.3 is 6.03 Å². The fraction of sp³-hybridized carbons (Fsp3) is 0.333. The van der Waals surface area contributed by atoms with Crippen LogP contribution in [-0.2, 0) is 0 Å². The van der Waals surface area contributed by atoms with E-state index in [2.05, 4.69) is 29.8 Å². The standard InChI is InChI=1S/C21H25N4O3/c1-21(2,12-24(3)4)13-28-15-7-8-17-14(10-15)11-18(23-17)16-6-5-9-25(19(16)26)20(22)27/h6-11,23H,12-13H2,1-4H3,(H2,22,27). The lowest BCUT2D eigenvalue weighted by Crippen LogP contribution is -2.33. The highest BCUT2D eigenvalue weighted by molar-refractivity contribution is 5.87. The summed E-state index contributed by atoms with van der Waals surface area (Å²) in [6.07, 6.45) is 1.23. The van der Waals surface area contributed by atoms with Gasteiger partial charge in [0.1, 0.15) is 5.75 Å². The number of carbonyl (C=O) groups is 1. The van der Waals surface area contributed by atoms with Gasteiger partial charge in [-0.15, -0.1) is 0 Å². The molecule has 2 heterocycles. The molecular weight excluding hydrogens is 356 g/mol. The zero-order chi connectivity index (χ0) is 20.5. The second-order valence-electron chi connectivity index (χ2n) is 7.99. The number of carbonyl (C=O) groups excluding carboxylic acids is 1. The van der Waals surface area contributed by atoms with Crippen LogP contribution >= 0.6 is 0 Å². The lowest BCUT2D eigenvalue weighted by molar-refractivity contribution is 0.141. The van der Waals surface area contributed by atoms with E-state index in [1.54, 1.807) is 0 Å². The zero-order valence-corrected chi connectivity index (χ0v) is 16.6. The van der Waals surface area contributed by atoms with E-state index >= 15 is 0 Å². The van der Waals surface area contributed by atoms with Gasteiger partial charge in [-0.1, -0.05) is 13.8 Å². The second-order valence-corrected chi connectivity index (χ2v) is 7.99. The Morgan fingerprint density at radius 2 is 2.07 bits per heavy atom. The molecule has 1 radical (unpaired) electrons. The van der Waals surface area contributed by atoms with Crippen LogP contribution < -0.4 is 16.0 Å². The number of amides is 1. The van der Waals surface area contributed by atoms with Crippen molar-refractivity contribution in [3.63, 3.8) is 0 Å². The van der Waals surface area contributed by atoms with Gasteiger partial charge in [0.2, 0.25) is 0 Å². The maximum Gasteiger partial charge on any atom is 0.325 e. The van der Waals surface area contributed by atoms with Crippen LogP contribution in [0.15, 0.2) is 41.3 Å². The van der Waals surface area contributed by atoms with Crippen LogP contribution in [0.4, 0.5) is 4.79 Å². The van der Waals surface area contributed by atoms with Gasteiger partial charge in [-0.2, -0.15) is 0 Å². The van der Waals surface area contributed by atoms with Crippen LogP contribution in [0.25, 0.3) is 22.2 Å². The van der Waals surface area contributed by atoms with Gasteiger partial charge < -0.3 is 20.4 Å². The Morgan fingerprint density at radius 3 is 2.75 bits per heavy atom. The number of nitrogens with zero attached hydrogens (tertiary/aromatic N) is 2. The van der Waals surface area contributed by atoms with Crippen LogP contribution in [-0.4, -0.2) is 47.7 Å². The van der Waals surface area contributed by atoms with Crippen LogP contribution in [0.1, 0.15) is 13.8 Å². The van der Waals surface area contributed by atoms with Gasteiger partial charge in [-0.25, -0.2) is 9.36 Å². The van der Waals surface area contributed by atoms with E-state index in [0.717, 1.165) is 27.8 Å². The van der Waals surface area contributed by atoms with Crippen LogP contribution in [0.2, 0.25) is 0 Å². The summed E-state index contributed by atoms with van der Waals surface area (Å²) < 4.78 is 6.83. The summed E-state index contributed by atoms with van der Waals surface area (Å²) >= 11 is 0. The highest BCUT2D eigenvalue weighted by atomic mass is 16.5. The molecule has 0 spiro atoms. The maximum absolute atomic E-state index is 12.4. The first-order valence-electron chi connectivity index (χ1n) is 8.99. The Labute approximate surface area is 163 Å². The topological polar surface area (TPSA) is 93.3 Å². The van der Waals surface area contributed by atoms with Crippen LogP contribution in [0.5, 0.6) is 5.75 Å². The SMILES string of the molecule is CN(C)CC(C)(C)COc1ccc2[nH]c(-c3c[c]cn(C(N)=O)c3=O)cc2c1. The minimum atomic E-state index is -0.838. The van der Waals surface area contributed by atoms with Crippen molar-refractivity contribution >= 4 is 16.9 Å². The summed E-state index contributed by atoms with van der Waals surface area (Å²) in [5.74, 6) is 0.763. The predicted molar refractivity (Wildman–Crippen MR) is 110 cm³/mol. The van der Waals surface area contributed by atoms with E-state index in [-0.39, 0.29) is 5.41 Å². The molecule has 7 heteroatoms. The molecule has 0 unspecified atom stereocenters. The van der Waals surface area contributed by atoms with Crippen molar-refractivity contribution in [2.75, 3.05) is 27.2 Å². The van der Waals surface area contributed by atoms with E-state index in [0.29, 0.717) is 17.9 Å². The summed E-state index contributed by atoms with van der Waals surface area (Å²) in [6.45, 7) is 5.83. The summed E-state index contributed by atoms with van der Waals surface area (Å²) in [5, 5.41) is 0.909. The van der Waals surface area contributed by atoms with Crippen molar-refractivity contribution in [3.8, 4) is 17.0 Å². The van der Waals surface area contributed by atoms with Gasteiger partial charge in [0, 0.05) is 35.1 Å². The fourth-order valence-corrected chi connectivity index (χ4v) is 3.33. The number of fused-ring (bicyclic) bond motifs is 1. The molecule has 0 fully saturated rings. The molecule has 1 amide bonds. The summed E-state index contributed by atoms with van der Waals surface area (Å²) in [4.78, 5) is 29.2. The summed E-state index contributed by atoms with van der Waals surface area (Å²) in [7, 11) is 4.09. The number of aromatic amines is 1. The quantitative estimate of drug-likeness (QED) is 0.686. The van der Waals surface area contributed by atoms with Gasteiger partial charge in [0.15, 0.2) is 0 Å². The molecule has 28 heavy (non-hydrogen) atoms. The van der Waals surface area contributed by atoms with E-state index < -0.39 is 11.6 Å². The highest BCUT2D eigenvalue weighted by Gasteiger charge is 2.20. The Hall–Kier alpha value is -3.06. The molecule has 0 bridgehead atoms. The third-order valence-electron chi connectivity index (χ3n) is 4.37. The fourth-order valence-electron chi connectivity index (χ4n) is 3.33. The number of benzene rings is 1. The number of pyridine rings is 1. The van der Waals surface area contributed by atoms with E-state index in [4.69, 9.17) is 10.5 Å². The Kier molecular flexibility index (Phi) is 5.29. The minimum absolute atomic E-state index is 0.0154. The molecule has 1 aromatic carbocycles. The molecule has 3 rings (SSSR count). The smallest absolute Gasteiger partial charge is 0.325 e. The van der Waals surface area contributed by atoms with E-state index in [9.17, 15) is 9.59 Å². The number of hydrogen-bond acceptors (Lipinski definition) is 4. The average Bonchev–Trinajstić information content (AvgIpc) is 3.01. The van der Waals surface area contributed by atoms with Crippen molar-refractivity contribution in [2.45, 2.75) is 13.8 Å². The minimum Gasteiger partial charge on any atom is -0.493 e. The number of H-pyrrole nitrogens is 1. The number of nitrogens with one attached hydrogen (secondary N) is 1. The molecule has 0 saturated carbocycles. The van der Waals surface area contributed by atoms with Crippen LogP contribution in [0, 0.1) is 11.5 Å². The Balaban J connectivity index is 1.87. The lowest BCUT2D eigenvalue weighted by atomic mass is 9.94. The van der Waals surface area contributed by atoms with Gasteiger partial charge in [0.25, 0.3) is 5.56 Å². The number of aromatic nitrogens is 2. The van der Waals surface area contributed by atoms with Crippen molar-refractivity contribution < 1.29 is 9.53 Å². The lowest BCUT2D eigenvalue weighted by Gasteiger charge is -2.28. The largest absolute Gasteiger partial charge is 0.493 e. The number of rotatable bonds is 6. The van der Waals surface area contributed by atoms with E-state index in [1.807, 2.05) is 38.4 Å². The molecule has 0 aliphatic carbocycles. The molecular formula is C21H25N4O3. The van der Waals surface area contributed by atoms with Gasteiger partial charge in [-0.05, 0) is 44.4 Å². The van der Waals surface area contributed by atoms with Crippen molar-refractivity contribution in [2.24, 2.45) is 11.1 Å². The molecule has 0 atom stereocenters. The van der Waals surface area contributed by atoms with Gasteiger partial charge in [0.05, 0.1) is 17.9 Å². The second kappa shape index (κ2) is 7.52. The van der Waals surface area contributed by atoms with Crippen molar-refractivity contribution in [1.29, 1.82) is 0 Å². The summed E-state index contributed by atoms with van der Waals surface area (Å²) in [5.41, 5.74) is 6.54. The highest BCUT2D eigenvalue weighted by Crippen LogP contribution is 2.27. The molecule has 0 aliphatic rings. The third-order valence-corrected chi connectivity index (χ3v) is 4.37. The molecule has 0 saturated heterocycles. The Bertz CT molecular complexity index is 1060. The molecule has 2 aromatic heterocycles. The Morgan fingerprint density at radius 1 is 1.32 bits per heavy atom. The third kappa shape index (κ3) is 4.26. The van der Waals surface area contributed by atoms with Gasteiger partial charge in [-0.3, -0.25) is 4.79 Å². The number of primary amides is 1. The molecule has 7 nitrogen and oxygen atoms in total. The molecule has 147 valence electrons. The monoisotopic (exact) mass is 381 g/mol. The maximum atomic E-state index is 12.4.